The molecule has 5 heteroatoms. The summed E-state index contributed by atoms with van der Waals surface area (Å²) in [6.07, 6.45) is 2.74. The van der Waals surface area contributed by atoms with E-state index in [4.69, 9.17) is 0 Å². The van der Waals surface area contributed by atoms with Crippen molar-refractivity contribution in [3.8, 4) is 0 Å². The molecule has 2 N–H and O–H groups in total. The van der Waals surface area contributed by atoms with Gasteiger partial charge in [-0.1, -0.05) is 0 Å². The third-order valence-corrected chi connectivity index (χ3v) is 2.76. The molecule has 0 unspecified atom stereocenters. The molecule has 0 saturated carbocycles. The first-order valence-electron chi connectivity index (χ1n) is 5.96. The summed E-state index contributed by atoms with van der Waals surface area (Å²) in [5.41, 5.74) is 0.0299. The molecule has 0 spiro atoms. The molecular formula is C12H22N4S. The highest BCUT2D eigenvalue weighted by atomic mass is 32.1. The monoisotopic (exact) mass is 254 g/mol. The summed E-state index contributed by atoms with van der Waals surface area (Å²) in [5.74, 6) is 0.872. The van der Waals surface area contributed by atoms with E-state index >= 15 is 0 Å². The number of hydrogen-bond acceptors (Lipinski definition) is 3. The molecule has 17 heavy (non-hydrogen) atoms. The first-order chi connectivity index (χ1) is 8.01. The SMILES string of the molecule is CCNC(=NCCc1nccs1)NC(C)(C)C. The standard InChI is InChI=1S/C12H22N4S/c1-5-13-11(16-12(2,3)4)15-7-6-10-14-8-9-17-10/h8-9H,5-7H2,1-4H3,(H2,13,15,16). The molecule has 1 aromatic heterocycles. The van der Waals surface area contributed by atoms with E-state index in [-0.39, 0.29) is 5.54 Å². The summed E-state index contributed by atoms with van der Waals surface area (Å²) in [7, 11) is 0. The average molecular weight is 254 g/mol. The van der Waals surface area contributed by atoms with Gasteiger partial charge in [0.25, 0.3) is 0 Å². The molecule has 0 radical (unpaired) electrons. The maximum Gasteiger partial charge on any atom is 0.191 e. The van der Waals surface area contributed by atoms with Gasteiger partial charge in [0.2, 0.25) is 0 Å². The fraction of sp³-hybridized carbons (Fsp3) is 0.667. The second-order valence-electron chi connectivity index (χ2n) is 4.81. The lowest BCUT2D eigenvalue weighted by Gasteiger charge is -2.23. The van der Waals surface area contributed by atoms with Crippen molar-refractivity contribution in [2.75, 3.05) is 13.1 Å². The van der Waals surface area contributed by atoms with Crippen LogP contribution in [0.3, 0.4) is 0 Å². The van der Waals surface area contributed by atoms with Crippen LogP contribution in [0.4, 0.5) is 0 Å². The summed E-state index contributed by atoms with van der Waals surface area (Å²) in [4.78, 5) is 8.78. The zero-order valence-corrected chi connectivity index (χ0v) is 11.9. The molecule has 1 aromatic rings. The molecule has 0 aromatic carbocycles. The summed E-state index contributed by atoms with van der Waals surface area (Å²) >= 11 is 1.68. The normalized spacial score (nSPS) is 12.6. The van der Waals surface area contributed by atoms with E-state index in [1.807, 2.05) is 11.6 Å². The number of nitrogens with one attached hydrogen (secondary N) is 2. The van der Waals surface area contributed by atoms with Gasteiger partial charge in [0, 0.05) is 36.6 Å². The molecule has 0 saturated heterocycles. The number of nitrogens with zero attached hydrogens (tertiary/aromatic N) is 2. The number of aliphatic imine (C=N–C) groups is 1. The van der Waals surface area contributed by atoms with Gasteiger partial charge in [-0.15, -0.1) is 11.3 Å². The maximum absolute atomic E-state index is 4.53. The minimum atomic E-state index is 0.0299. The Morgan fingerprint density at radius 1 is 1.47 bits per heavy atom. The van der Waals surface area contributed by atoms with Crippen molar-refractivity contribution < 1.29 is 0 Å². The summed E-state index contributed by atoms with van der Waals surface area (Å²) in [6, 6.07) is 0. The Morgan fingerprint density at radius 3 is 2.76 bits per heavy atom. The second-order valence-corrected chi connectivity index (χ2v) is 5.79. The maximum atomic E-state index is 4.53. The van der Waals surface area contributed by atoms with Crippen LogP contribution in [-0.2, 0) is 6.42 Å². The fourth-order valence-corrected chi connectivity index (χ4v) is 1.91. The quantitative estimate of drug-likeness (QED) is 0.638. The zero-order chi connectivity index (χ0) is 12.7. The highest BCUT2D eigenvalue weighted by molar-refractivity contribution is 7.09. The molecule has 96 valence electrons. The molecule has 0 bridgehead atoms. The fourth-order valence-electron chi connectivity index (χ4n) is 1.30. The van der Waals surface area contributed by atoms with Gasteiger partial charge in [-0.25, -0.2) is 4.98 Å². The van der Waals surface area contributed by atoms with Crippen LogP contribution in [0.1, 0.15) is 32.7 Å². The van der Waals surface area contributed by atoms with Crippen molar-refractivity contribution in [2.24, 2.45) is 4.99 Å². The first kappa shape index (κ1) is 14.0. The Kier molecular flexibility index (Phi) is 5.41. The van der Waals surface area contributed by atoms with Crippen molar-refractivity contribution in [2.45, 2.75) is 39.7 Å². The molecule has 1 rings (SSSR count). The summed E-state index contributed by atoms with van der Waals surface area (Å²) < 4.78 is 0. The predicted molar refractivity (Wildman–Crippen MR) is 74.7 cm³/mol. The van der Waals surface area contributed by atoms with Gasteiger partial charge in [-0.05, 0) is 27.7 Å². The molecule has 0 aliphatic carbocycles. The number of guanidine groups is 1. The minimum absolute atomic E-state index is 0.0299. The molecule has 0 atom stereocenters. The van der Waals surface area contributed by atoms with Gasteiger partial charge < -0.3 is 10.6 Å². The van der Waals surface area contributed by atoms with Gasteiger partial charge in [0.15, 0.2) is 5.96 Å². The van der Waals surface area contributed by atoms with Crippen LogP contribution < -0.4 is 10.6 Å². The Labute approximate surface area is 108 Å². The number of rotatable bonds is 4. The van der Waals surface area contributed by atoms with Crippen LogP contribution in [0.2, 0.25) is 0 Å². The topological polar surface area (TPSA) is 49.3 Å². The van der Waals surface area contributed by atoms with E-state index in [9.17, 15) is 0 Å². The van der Waals surface area contributed by atoms with Crippen molar-refractivity contribution in [1.29, 1.82) is 0 Å². The third kappa shape index (κ3) is 6.26. The van der Waals surface area contributed by atoms with Crippen LogP contribution >= 0.6 is 11.3 Å². The van der Waals surface area contributed by atoms with Crippen LogP contribution in [0.25, 0.3) is 0 Å². The Morgan fingerprint density at radius 2 is 2.24 bits per heavy atom. The van der Waals surface area contributed by atoms with Crippen LogP contribution in [-0.4, -0.2) is 29.6 Å². The average Bonchev–Trinajstić information content (AvgIpc) is 2.68. The number of thiazole rings is 1. The number of hydrogen-bond donors (Lipinski definition) is 2. The largest absolute Gasteiger partial charge is 0.357 e. The van der Waals surface area contributed by atoms with E-state index in [2.05, 4.69) is 48.3 Å². The summed E-state index contributed by atoms with van der Waals surface area (Å²) in [5, 5.41) is 9.74. The van der Waals surface area contributed by atoms with Gasteiger partial charge in [-0.3, -0.25) is 4.99 Å². The van der Waals surface area contributed by atoms with Gasteiger partial charge >= 0.3 is 0 Å². The minimum Gasteiger partial charge on any atom is -0.357 e. The lowest BCUT2D eigenvalue weighted by Crippen LogP contribution is -2.47. The Hall–Kier alpha value is -1.10. The van der Waals surface area contributed by atoms with Gasteiger partial charge in [0.05, 0.1) is 5.01 Å². The Bertz CT molecular complexity index is 338. The lowest BCUT2D eigenvalue weighted by atomic mass is 10.1. The molecule has 0 fully saturated rings. The first-order valence-corrected chi connectivity index (χ1v) is 6.84. The van der Waals surface area contributed by atoms with Gasteiger partial charge in [0.1, 0.15) is 0 Å². The zero-order valence-electron chi connectivity index (χ0n) is 11.1. The van der Waals surface area contributed by atoms with E-state index in [1.54, 1.807) is 11.3 Å². The molecular weight excluding hydrogens is 232 g/mol. The molecule has 4 nitrogen and oxygen atoms in total. The highest BCUT2D eigenvalue weighted by Crippen LogP contribution is 2.04. The lowest BCUT2D eigenvalue weighted by molar-refractivity contribution is 0.501. The van der Waals surface area contributed by atoms with Crippen molar-refractivity contribution in [1.82, 2.24) is 15.6 Å². The van der Waals surface area contributed by atoms with Gasteiger partial charge in [-0.2, -0.15) is 0 Å². The highest BCUT2D eigenvalue weighted by Gasteiger charge is 2.11. The van der Waals surface area contributed by atoms with Crippen LogP contribution in [0.15, 0.2) is 16.6 Å². The van der Waals surface area contributed by atoms with E-state index in [1.165, 1.54) is 0 Å². The molecule has 0 aliphatic rings. The second kappa shape index (κ2) is 6.59. The Balaban J connectivity index is 2.46. The molecule has 1 heterocycles. The third-order valence-electron chi connectivity index (χ3n) is 1.92. The van der Waals surface area contributed by atoms with Crippen molar-refractivity contribution in [3.63, 3.8) is 0 Å². The molecule has 0 aliphatic heterocycles. The smallest absolute Gasteiger partial charge is 0.191 e. The molecule has 0 amide bonds. The van der Waals surface area contributed by atoms with E-state index in [0.717, 1.165) is 30.5 Å². The van der Waals surface area contributed by atoms with E-state index in [0.29, 0.717) is 0 Å². The van der Waals surface area contributed by atoms with Crippen LogP contribution in [0.5, 0.6) is 0 Å². The van der Waals surface area contributed by atoms with Crippen LogP contribution in [0, 0.1) is 0 Å². The predicted octanol–water partition coefficient (Wildman–Crippen LogP) is 2.04. The summed E-state index contributed by atoms with van der Waals surface area (Å²) in [6.45, 7) is 10.1. The number of aromatic nitrogens is 1. The van der Waals surface area contributed by atoms with E-state index < -0.39 is 0 Å². The van der Waals surface area contributed by atoms with Crippen molar-refractivity contribution in [3.05, 3.63) is 16.6 Å². The van der Waals surface area contributed by atoms with Crippen molar-refractivity contribution >= 4 is 17.3 Å².